The SMILES string of the molecule is C.C.NC1CCN(C(=O)[C@@H](Cc2ccc3ccccc3c2)NC(=O)[C@@H](Cc2ccc3ccccc3c2)NC(=O)C2CCNCC2)CC1.O=C(N[C@H](Cc1ccc2ccccc2c1)C(=O)N[C@H](Cc1ccc2ccccc2c1)C(=O)NC1CCNCC1)C1CCNCC1. The topological polar surface area (TPSA) is 228 Å². The molecule has 92 heavy (non-hydrogen) atoms. The van der Waals surface area contributed by atoms with Gasteiger partial charge in [-0.2, -0.15) is 0 Å². The Balaban J connectivity index is 0.000000213. The third kappa shape index (κ3) is 18.4. The number of hydrogen-bond donors (Lipinski definition) is 9. The maximum absolute atomic E-state index is 14.2. The van der Waals surface area contributed by atoms with E-state index in [2.05, 4.69) is 115 Å². The number of fused-ring (bicyclic) bond motifs is 4. The Hall–Kier alpha value is -8.54. The Morgan fingerprint density at radius 3 is 1.04 bits per heavy atom. The van der Waals surface area contributed by atoms with Gasteiger partial charge in [-0.1, -0.05) is 185 Å². The summed E-state index contributed by atoms with van der Waals surface area (Å²) in [6.07, 6.45) is 7.44. The van der Waals surface area contributed by atoms with Gasteiger partial charge in [0, 0.05) is 62.7 Å². The highest BCUT2D eigenvalue weighted by molar-refractivity contribution is 5.95. The number of nitrogens with one attached hydrogen (secondary N) is 8. The van der Waals surface area contributed by atoms with E-state index < -0.39 is 24.2 Å². The molecule has 8 aromatic carbocycles. The number of carbonyl (C=O) groups is 6. The monoisotopic (exact) mass is 1240 g/mol. The minimum absolute atomic E-state index is 0. The summed E-state index contributed by atoms with van der Waals surface area (Å²) in [5, 5.41) is 34.3. The second-order valence-corrected chi connectivity index (χ2v) is 25.0. The number of nitrogens with zero attached hydrogens (tertiary/aromatic N) is 1. The van der Waals surface area contributed by atoms with E-state index in [-0.39, 0.29) is 74.2 Å². The average Bonchev–Trinajstić information content (AvgIpc) is 2.59. The van der Waals surface area contributed by atoms with E-state index in [0.717, 1.165) is 156 Å². The van der Waals surface area contributed by atoms with Crippen molar-refractivity contribution in [3.8, 4) is 0 Å². The van der Waals surface area contributed by atoms with Crippen LogP contribution in [-0.4, -0.2) is 129 Å². The van der Waals surface area contributed by atoms with E-state index >= 15 is 0 Å². The van der Waals surface area contributed by atoms with Gasteiger partial charge in [0.15, 0.2) is 0 Å². The van der Waals surface area contributed by atoms with Crippen LogP contribution in [0.2, 0.25) is 0 Å². The van der Waals surface area contributed by atoms with Crippen molar-refractivity contribution >= 4 is 78.5 Å². The third-order valence-electron chi connectivity index (χ3n) is 18.5. The number of benzene rings is 8. The summed E-state index contributed by atoms with van der Waals surface area (Å²) in [4.78, 5) is 84.7. The molecule has 4 atom stereocenters. The molecule has 4 aliphatic rings. The smallest absolute Gasteiger partial charge is 0.245 e. The first-order chi connectivity index (χ1) is 43.9. The summed E-state index contributed by atoms with van der Waals surface area (Å²) in [5.74, 6) is -1.52. The third-order valence-corrected chi connectivity index (χ3v) is 18.5. The second-order valence-electron chi connectivity index (χ2n) is 25.0. The quantitative estimate of drug-likeness (QED) is 0.0375. The van der Waals surface area contributed by atoms with E-state index in [9.17, 15) is 28.8 Å². The Morgan fingerprint density at radius 1 is 0.380 bits per heavy atom. The van der Waals surface area contributed by atoms with Gasteiger partial charge in [-0.3, -0.25) is 28.8 Å². The molecule has 6 amide bonds. The molecule has 4 fully saturated rings. The average molecular weight is 1240 g/mol. The van der Waals surface area contributed by atoms with Crippen LogP contribution >= 0.6 is 0 Å². The minimum Gasteiger partial charge on any atom is -0.351 e. The van der Waals surface area contributed by atoms with Crippen molar-refractivity contribution in [3.05, 3.63) is 192 Å². The van der Waals surface area contributed by atoms with Crippen molar-refractivity contribution in [2.45, 2.75) is 128 Å². The highest BCUT2D eigenvalue weighted by atomic mass is 16.2. The fourth-order valence-electron chi connectivity index (χ4n) is 13.1. The van der Waals surface area contributed by atoms with Crippen LogP contribution in [0.3, 0.4) is 0 Å². The lowest BCUT2D eigenvalue weighted by Gasteiger charge is -2.34. The maximum atomic E-state index is 14.2. The van der Waals surface area contributed by atoms with Gasteiger partial charge < -0.3 is 53.2 Å². The van der Waals surface area contributed by atoms with Crippen LogP contribution in [0.25, 0.3) is 43.1 Å². The molecule has 16 nitrogen and oxygen atoms in total. The lowest BCUT2D eigenvalue weighted by atomic mass is 9.95. The van der Waals surface area contributed by atoms with Gasteiger partial charge in [-0.15, -0.1) is 0 Å². The Morgan fingerprint density at radius 2 is 0.685 bits per heavy atom. The first-order valence-corrected chi connectivity index (χ1v) is 32.5. The number of likely N-dealkylation sites (tertiary alicyclic amines) is 1. The van der Waals surface area contributed by atoms with Gasteiger partial charge in [-0.25, -0.2) is 0 Å². The fraction of sp³-hybridized carbons (Fsp3) is 0.395. The summed E-state index contributed by atoms with van der Waals surface area (Å²) >= 11 is 0. The molecule has 4 heterocycles. The minimum atomic E-state index is -0.824. The fourth-order valence-corrected chi connectivity index (χ4v) is 13.1. The normalized spacial score (nSPS) is 17.1. The van der Waals surface area contributed by atoms with Crippen molar-refractivity contribution in [1.82, 2.24) is 47.4 Å². The molecule has 0 radical (unpaired) electrons. The summed E-state index contributed by atoms with van der Waals surface area (Å²) < 4.78 is 0. The molecule has 0 aliphatic carbocycles. The molecule has 0 bridgehead atoms. The molecule has 0 aromatic heterocycles. The number of hydrogen-bond acceptors (Lipinski definition) is 10. The van der Waals surface area contributed by atoms with Crippen molar-refractivity contribution in [2.24, 2.45) is 17.6 Å². The van der Waals surface area contributed by atoms with Crippen molar-refractivity contribution in [3.63, 3.8) is 0 Å². The molecule has 0 saturated carbocycles. The number of piperidine rings is 4. The predicted octanol–water partition coefficient (Wildman–Crippen LogP) is 8.58. The Labute approximate surface area is 542 Å². The largest absolute Gasteiger partial charge is 0.351 e. The molecule has 0 spiro atoms. The van der Waals surface area contributed by atoms with Crippen LogP contribution in [0.4, 0.5) is 0 Å². The zero-order valence-electron chi connectivity index (χ0n) is 51.4. The van der Waals surface area contributed by atoms with E-state index in [1.807, 2.05) is 102 Å². The van der Waals surface area contributed by atoms with E-state index in [1.54, 1.807) is 0 Å². The van der Waals surface area contributed by atoms with Crippen LogP contribution in [0.5, 0.6) is 0 Å². The number of rotatable bonds is 19. The van der Waals surface area contributed by atoms with Gasteiger partial charge in [0.05, 0.1) is 0 Å². The summed E-state index contributed by atoms with van der Waals surface area (Å²) in [6, 6.07) is 53.9. The van der Waals surface area contributed by atoms with Gasteiger partial charge in [0.25, 0.3) is 0 Å². The van der Waals surface area contributed by atoms with E-state index in [4.69, 9.17) is 5.73 Å². The lowest BCUT2D eigenvalue weighted by Crippen LogP contribution is -2.57. The molecule has 4 aliphatic heterocycles. The zero-order valence-corrected chi connectivity index (χ0v) is 51.4. The molecular formula is C76H94N10O6. The number of carbonyl (C=O) groups excluding carboxylic acids is 6. The molecule has 8 aromatic rings. The van der Waals surface area contributed by atoms with Gasteiger partial charge in [-0.05, 0) is 156 Å². The molecule has 10 N–H and O–H groups in total. The van der Waals surface area contributed by atoms with Crippen LogP contribution in [0.15, 0.2) is 170 Å². The molecular weight excluding hydrogens is 1150 g/mol. The number of amides is 6. The highest BCUT2D eigenvalue weighted by Crippen LogP contribution is 2.24. The van der Waals surface area contributed by atoms with Crippen LogP contribution in [0.1, 0.15) is 88.5 Å². The first-order valence-electron chi connectivity index (χ1n) is 32.5. The molecule has 4 saturated heterocycles. The molecule has 12 rings (SSSR count). The lowest BCUT2D eigenvalue weighted by molar-refractivity contribution is -0.138. The van der Waals surface area contributed by atoms with Crippen molar-refractivity contribution < 1.29 is 28.8 Å². The maximum Gasteiger partial charge on any atom is 0.245 e. The van der Waals surface area contributed by atoms with Gasteiger partial charge in [0.1, 0.15) is 24.2 Å². The van der Waals surface area contributed by atoms with Crippen molar-refractivity contribution in [2.75, 3.05) is 52.4 Å². The molecule has 0 unspecified atom stereocenters. The van der Waals surface area contributed by atoms with Crippen LogP contribution < -0.4 is 48.3 Å². The Bertz CT molecular complexity index is 3790. The highest BCUT2D eigenvalue weighted by Gasteiger charge is 2.35. The van der Waals surface area contributed by atoms with E-state index in [0.29, 0.717) is 38.8 Å². The zero-order chi connectivity index (χ0) is 62.2. The van der Waals surface area contributed by atoms with Crippen LogP contribution in [0, 0.1) is 11.8 Å². The van der Waals surface area contributed by atoms with Gasteiger partial charge >= 0.3 is 0 Å². The molecule has 484 valence electrons. The standard InChI is InChI=1S/2C37H43N5O3.2CH4/c38-32-15-19-42(20-16-32)37(45)34(24-26-10-12-28-6-2-4-8-31(28)22-26)41-36(44)33(40-35(43)29-13-17-39-18-14-29)23-25-9-11-27-5-1-3-7-30(27)21-25;43-35(29-13-17-38-18-14-29)41-34(24-26-10-12-28-6-2-4-8-31(28)22-26)37(45)42-33(36(44)40-32-15-19-39-20-16-32)23-25-9-11-27-5-1-3-7-30(27)21-25;;/h1-12,21-22,29,32-34,39H,13-20,23-24,38H2,(H,40,43)(H,41,44);1-12,21-22,29,32-34,38-39H,13-20,23-24H2,(H,40,44)(H,41,43)(H,42,45);2*1H4/t2*33-,34-;;/m11../s1. The predicted molar refractivity (Wildman–Crippen MR) is 371 cm³/mol. The summed E-state index contributed by atoms with van der Waals surface area (Å²) in [6.45, 7) is 5.96. The second kappa shape index (κ2) is 33.2. The molecule has 16 heteroatoms. The van der Waals surface area contributed by atoms with Crippen LogP contribution in [-0.2, 0) is 54.5 Å². The van der Waals surface area contributed by atoms with E-state index in [1.165, 1.54) is 0 Å². The Kier molecular flexibility index (Phi) is 24.5. The number of nitrogens with two attached hydrogens (primary N) is 1. The van der Waals surface area contributed by atoms with Crippen molar-refractivity contribution in [1.29, 1.82) is 0 Å². The summed E-state index contributed by atoms with van der Waals surface area (Å²) in [7, 11) is 0. The first kappa shape index (κ1) is 67.8. The van der Waals surface area contributed by atoms with Gasteiger partial charge in [0.2, 0.25) is 35.4 Å². The summed E-state index contributed by atoms with van der Waals surface area (Å²) in [5.41, 5.74) is 9.96.